The third-order valence-corrected chi connectivity index (χ3v) is 3.95. The number of hydrogen-bond donors (Lipinski definition) is 0. The van der Waals surface area contributed by atoms with Crippen LogP contribution in [0.5, 0.6) is 5.75 Å². The summed E-state index contributed by atoms with van der Waals surface area (Å²) in [6.07, 6.45) is 3.10. The Kier molecular flexibility index (Phi) is 5.62. The first kappa shape index (κ1) is 15.8. The van der Waals surface area contributed by atoms with E-state index in [1.807, 2.05) is 18.2 Å². The van der Waals surface area contributed by atoms with Gasteiger partial charge in [-0.05, 0) is 44.5 Å². The van der Waals surface area contributed by atoms with Crippen LogP contribution < -0.4 is 4.74 Å². The average molecular weight is 291 g/mol. The molecule has 0 saturated carbocycles. The van der Waals surface area contributed by atoms with Crippen LogP contribution in [0.2, 0.25) is 0 Å². The molecule has 0 N–H and O–H groups in total. The molecule has 1 aliphatic heterocycles. The van der Waals surface area contributed by atoms with E-state index in [1.165, 1.54) is 7.11 Å². The van der Waals surface area contributed by atoms with Gasteiger partial charge in [0, 0.05) is 11.6 Å². The molecule has 0 spiro atoms. The number of carbonyl (C=O) groups excluding carboxylic acids is 1. The number of fused-ring (bicyclic) bond motifs is 1. The summed E-state index contributed by atoms with van der Waals surface area (Å²) in [4.78, 5) is 14.4. The monoisotopic (exact) mass is 291 g/mol. The van der Waals surface area contributed by atoms with Gasteiger partial charge in [-0.15, -0.1) is 0 Å². The van der Waals surface area contributed by atoms with Crippen molar-refractivity contribution in [3.63, 3.8) is 0 Å². The molecule has 1 heterocycles. The standard InChI is InChI=1S/C17H25NO3/c1-4-9-18(10-5-2)13-11-15-14(17(19)20-3)7-6-8-16(15)21-12-13/h6-8,13H,4-5,9-12H2,1-3H3. The van der Waals surface area contributed by atoms with Crippen LogP contribution >= 0.6 is 0 Å². The number of methoxy groups -OCH3 is 1. The zero-order chi connectivity index (χ0) is 15.2. The van der Waals surface area contributed by atoms with Crippen molar-refractivity contribution in [2.45, 2.75) is 39.2 Å². The van der Waals surface area contributed by atoms with E-state index in [9.17, 15) is 4.79 Å². The first-order valence-corrected chi connectivity index (χ1v) is 7.78. The summed E-state index contributed by atoms with van der Waals surface area (Å²) in [7, 11) is 1.42. The van der Waals surface area contributed by atoms with Crippen molar-refractivity contribution >= 4 is 5.97 Å². The predicted molar refractivity (Wildman–Crippen MR) is 82.9 cm³/mol. The predicted octanol–water partition coefficient (Wildman–Crippen LogP) is 2.90. The second kappa shape index (κ2) is 7.46. The number of benzene rings is 1. The molecule has 0 bridgehead atoms. The molecule has 116 valence electrons. The molecule has 0 aromatic heterocycles. The quantitative estimate of drug-likeness (QED) is 0.755. The summed E-state index contributed by atoms with van der Waals surface area (Å²) in [5.41, 5.74) is 1.62. The minimum Gasteiger partial charge on any atom is -0.492 e. The van der Waals surface area contributed by atoms with E-state index >= 15 is 0 Å². The third kappa shape index (κ3) is 3.56. The van der Waals surface area contributed by atoms with E-state index in [-0.39, 0.29) is 5.97 Å². The average Bonchev–Trinajstić information content (AvgIpc) is 2.53. The fourth-order valence-corrected chi connectivity index (χ4v) is 2.98. The van der Waals surface area contributed by atoms with Gasteiger partial charge in [-0.25, -0.2) is 4.79 Å². The number of esters is 1. The lowest BCUT2D eigenvalue weighted by Gasteiger charge is -2.35. The van der Waals surface area contributed by atoms with Gasteiger partial charge in [0.1, 0.15) is 12.4 Å². The van der Waals surface area contributed by atoms with Crippen LogP contribution in [-0.4, -0.2) is 43.7 Å². The largest absolute Gasteiger partial charge is 0.492 e. The van der Waals surface area contributed by atoms with Gasteiger partial charge in [-0.1, -0.05) is 19.9 Å². The topological polar surface area (TPSA) is 38.8 Å². The Morgan fingerprint density at radius 2 is 2.05 bits per heavy atom. The maximum Gasteiger partial charge on any atom is 0.338 e. The van der Waals surface area contributed by atoms with Crippen molar-refractivity contribution in [3.8, 4) is 5.75 Å². The second-order valence-corrected chi connectivity index (χ2v) is 5.48. The Morgan fingerprint density at radius 1 is 1.33 bits per heavy atom. The minimum absolute atomic E-state index is 0.284. The van der Waals surface area contributed by atoms with E-state index in [1.54, 1.807) is 0 Å². The van der Waals surface area contributed by atoms with Gasteiger partial charge >= 0.3 is 5.97 Å². The lowest BCUT2D eigenvalue weighted by Crippen LogP contribution is -2.44. The SMILES string of the molecule is CCCN(CCC)C1COc2cccc(C(=O)OC)c2C1. The zero-order valence-electron chi connectivity index (χ0n) is 13.2. The highest BCUT2D eigenvalue weighted by atomic mass is 16.5. The molecule has 1 aliphatic rings. The second-order valence-electron chi connectivity index (χ2n) is 5.48. The first-order chi connectivity index (χ1) is 10.2. The Morgan fingerprint density at radius 3 is 2.67 bits per heavy atom. The van der Waals surface area contributed by atoms with Crippen molar-refractivity contribution in [3.05, 3.63) is 29.3 Å². The zero-order valence-corrected chi connectivity index (χ0v) is 13.2. The molecule has 0 saturated heterocycles. The fourth-order valence-electron chi connectivity index (χ4n) is 2.98. The van der Waals surface area contributed by atoms with Crippen molar-refractivity contribution in [2.75, 3.05) is 26.8 Å². The van der Waals surface area contributed by atoms with Crippen LogP contribution in [0.1, 0.15) is 42.6 Å². The van der Waals surface area contributed by atoms with Gasteiger partial charge in [0.05, 0.1) is 12.7 Å². The van der Waals surface area contributed by atoms with E-state index in [2.05, 4.69) is 18.7 Å². The normalized spacial score (nSPS) is 17.2. The van der Waals surface area contributed by atoms with Gasteiger partial charge in [0.15, 0.2) is 0 Å². The van der Waals surface area contributed by atoms with E-state index < -0.39 is 0 Å². The van der Waals surface area contributed by atoms with Gasteiger partial charge < -0.3 is 9.47 Å². The third-order valence-electron chi connectivity index (χ3n) is 3.95. The number of carbonyl (C=O) groups is 1. The molecule has 1 atom stereocenters. The van der Waals surface area contributed by atoms with E-state index in [0.29, 0.717) is 18.2 Å². The molecule has 1 unspecified atom stereocenters. The first-order valence-electron chi connectivity index (χ1n) is 7.78. The molecule has 4 heteroatoms. The van der Waals surface area contributed by atoms with Crippen LogP contribution in [0.15, 0.2) is 18.2 Å². The van der Waals surface area contributed by atoms with Crippen molar-refractivity contribution < 1.29 is 14.3 Å². The molecule has 4 nitrogen and oxygen atoms in total. The molecular formula is C17H25NO3. The van der Waals surface area contributed by atoms with Crippen molar-refractivity contribution in [2.24, 2.45) is 0 Å². The Labute approximate surface area is 127 Å². The molecule has 1 aromatic rings. The van der Waals surface area contributed by atoms with Crippen LogP contribution in [0.3, 0.4) is 0 Å². The summed E-state index contributed by atoms with van der Waals surface area (Å²) in [6.45, 7) is 7.22. The summed E-state index contributed by atoms with van der Waals surface area (Å²) in [5, 5.41) is 0. The molecule has 0 fully saturated rings. The molecular weight excluding hydrogens is 266 g/mol. The van der Waals surface area contributed by atoms with E-state index in [0.717, 1.165) is 43.7 Å². The highest BCUT2D eigenvalue weighted by molar-refractivity contribution is 5.91. The van der Waals surface area contributed by atoms with Crippen LogP contribution in [0, 0.1) is 0 Å². The molecule has 1 aromatic carbocycles. The highest BCUT2D eigenvalue weighted by Gasteiger charge is 2.28. The minimum atomic E-state index is -0.284. The van der Waals surface area contributed by atoms with Crippen LogP contribution in [-0.2, 0) is 11.2 Å². The molecule has 0 amide bonds. The van der Waals surface area contributed by atoms with Gasteiger partial charge in [0.2, 0.25) is 0 Å². The molecule has 0 radical (unpaired) electrons. The Bertz CT molecular complexity index is 481. The van der Waals surface area contributed by atoms with Gasteiger partial charge in [-0.3, -0.25) is 4.90 Å². The lowest BCUT2D eigenvalue weighted by atomic mass is 9.96. The fraction of sp³-hybridized carbons (Fsp3) is 0.588. The summed E-state index contributed by atoms with van der Waals surface area (Å²) >= 11 is 0. The maximum absolute atomic E-state index is 11.9. The van der Waals surface area contributed by atoms with Gasteiger partial charge in [0.25, 0.3) is 0 Å². The van der Waals surface area contributed by atoms with Crippen LogP contribution in [0.25, 0.3) is 0 Å². The number of hydrogen-bond acceptors (Lipinski definition) is 4. The van der Waals surface area contributed by atoms with Crippen LogP contribution in [0.4, 0.5) is 0 Å². The molecule has 21 heavy (non-hydrogen) atoms. The van der Waals surface area contributed by atoms with Gasteiger partial charge in [-0.2, -0.15) is 0 Å². The maximum atomic E-state index is 11.9. The smallest absolute Gasteiger partial charge is 0.338 e. The molecule has 0 aliphatic carbocycles. The number of ether oxygens (including phenoxy) is 2. The highest BCUT2D eigenvalue weighted by Crippen LogP contribution is 2.30. The molecule has 2 rings (SSSR count). The summed E-state index contributed by atoms with van der Waals surface area (Å²) < 4.78 is 10.8. The van der Waals surface area contributed by atoms with E-state index in [4.69, 9.17) is 9.47 Å². The summed E-state index contributed by atoms with van der Waals surface area (Å²) in [6, 6.07) is 5.94. The van der Waals surface area contributed by atoms with Crippen molar-refractivity contribution in [1.29, 1.82) is 0 Å². The Balaban J connectivity index is 2.23. The number of nitrogens with zero attached hydrogens (tertiary/aromatic N) is 1. The van der Waals surface area contributed by atoms with Crippen molar-refractivity contribution in [1.82, 2.24) is 4.90 Å². The Hall–Kier alpha value is -1.55. The number of rotatable bonds is 6. The lowest BCUT2D eigenvalue weighted by molar-refractivity contribution is 0.0594. The summed E-state index contributed by atoms with van der Waals surface area (Å²) in [5.74, 6) is 0.538.